The molecule has 0 radical (unpaired) electrons. The van der Waals surface area contributed by atoms with Crippen LogP contribution < -0.4 is 32.8 Å². The number of carbonyl (C=O) groups excluding carboxylic acids is 4. The first kappa shape index (κ1) is 37.2. The molecule has 17 nitrogen and oxygen atoms in total. The molecule has 4 amide bonds. The minimum absolute atomic E-state index is 0.00946. The molecule has 18 heteroatoms. The highest BCUT2D eigenvalue weighted by atomic mass is 32.2. The van der Waals surface area contributed by atoms with Gasteiger partial charge in [-0.05, 0) is 31.9 Å². The van der Waals surface area contributed by atoms with Crippen molar-refractivity contribution in [3.63, 3.8) is 0 Å². The summed E-state index contributed by atoms with van der Waals surface area (Å²) >= 11 is 0. The standard InChI is InChI=1S/C29H45N9O8S/c1-32-14-25(39)35-23(12-19-8-4-3-5-9-19)28(42)37-18-21-13-24(37)27(41)33-15-26(40)34-22(29(43)44)10-6-7-11-36(47(2,45)46)16-20(30)17-38(21)31/h3-5,8-9,17,21-24,32H,6-7,10-16,18,30-31H2,1-2H3,(H,33,41)(H,34,40)(H,35,39)(H,43,44)/b20-17-. The lowest BCUT2D eigenvalue weighted by Crippen LogP contribution is -2.56. The van der Waals surface area contributed by atoms with Gasteiger partial charge in [0.05, 0.1) is 31.9 Å². The molecule has 47 heavy (non-hydrogen) atoms. The Bertz CT molecular complexity index is 1430. The minimum atomic E-state index is -3.71. The van der Waals surface area contributed by atoms with E-state index in [1.807, 2.05) is 6.07 Å². The topological polar surface area (TPSA) is 250 Å². The monoisotopic (exact) mass is 679 g/mol. The molecular formula is C29H45N9O8S. The van der Waals surface area contributed by atoms with Crippen molar-refractivity contribution in [2.45, 2.75) is 56.3 Å². The van der Waals surface area contributed by atoms with Crippen LogP contribution in [-0.4, -0.2) is 128 Å². The van der Waals surface area contributed by atoms with Crippen molar-refractivity contribution in [2.75, 3.05) is 46.0 Å². The fraction of sp³-hybridized carbons (Fsp3) is 0.552. The molecule has 260 valence electrons. The summed E-state index contributed by atoms with van der Waals surface area (Å²) in [6, 6.07) is 4.91. The molecule has 2 aliphatic heterocycles. The van der Waals surface area contributed by atoms with Crippen molar-refractivity contribution in [2.24, 2.45) is 11.6 Å². The van der Waals surface area contributed by atoms with Crippen LogP contribution in [0, 0.1) is 0 Å². The number of carbonyl (C=O) groups is 5. The van der Waals surface area contributed by atoms with Crippen LogP contribution in [0.3, 0.4) is 0 Å². The third-order valence-electron chi connectivity index (χ3n) is 7.89. The number of rotatable bonds is 8. The van der Waals surface area contributed by atoms with E-state index in [0.29, 0.717) is 6.42 Å². The summed E-state index contributed by atoms with van der Waals surface area (Å²) in [4.78, 5) is 65.9. The van der Waals surface area contributed by atoms with Gasteiger partial charge < -0.3 is 42.0 Å². The van der Waals surface area contributed by atoms with Gasteiger partial charge >= 0.3 is 5.97 Å². The predicted octanol–water partition coefficient (Wildman–Crippen LogP) is -2.99. The maximum Gasteiger partial charge on any atom is 0.326 e. The van der Waals surface area contributed by atoms with Gasteiger partial charge in [-0.1, -0.05) is 30.3 Å². The fourth-order valence-corrected chi connectivity index (χ4v) is 6.35. The Kier molecular flexibility index (Phi) is 13.5. The van der Waals surface area contributed by atoms with Gasteiger partial charge in [0, 0.05) is 37.8 Å². The van der Waals surface area contributed by atoms with Gasteiger partial charge in [0.15, 0.2) is 0 Å². The van der Waals surface area contributed by atoms with E-state index in [1.54, 1.807) is 31.3 Å². The molecule has 2 bridgehead atoms. The van der Waals surface area contributed by atoms with Crippen LogP contribution in [0.5, 0.6) is 0 Å². The number of nitrogens with two attached hydrogens (primary N) is 2. The van der Waals surface area contributed by atoms with Gasteiger partial charge in [-0.15, -0.1) is 0 Å². The Labute approximate surface area is 274 Å². The summed E-state index contributed by atoms with van der Waals surface area (Å²) in [6.07, 6.45) is 3.09. The summed E-state index contributed by atoms with van der Waals surface area (Å²) in [5, 5.41) is 21.2. The summed E-state index contributed by atoms with van der Waals surface area (Å²) in [6.45, 7) is -0.832. The molecule has 3 rings (SSSR count). The maximum absolute atomic E-state index is 14.1. The van der Waals surface area contributed by atoms with Gasteiger partial charge in [-0.3, -0.25) is 19.2 Å². The van der Waals surface area contributed by atoms with Crippen molar-refractivity contribution >= 4 is 39.6 Å². The highest BCUT2D eigenvalue weighted by Gasteiger charge is 2.43. The summed E-state index contributed by atoms with van der Waals surface area (Å²) in [5.74, 6) is 2.63. The largest absolute Gasteiger partial charge is 0.480 e. The third kappa shape index (κ3) is 11.2. The van der Waals surface area contributed by atoms with E-state index in [2.05, 4.69) is 21.3 Å². The Balaban J connectivity index is 1.95. The van der Waals surface area contributed by atoms with E-state index in [9.17, 15) is 37.5 Å². The van der Waals surface area contributed by atoms with E-state index in [1.165, 1.54) is 16.1 Å². The lowest BCUT2D eigenvalue weighted by atomic mass is 10.0. The number of nitrogens with zero attached hydrogens (tertiary/aromatic N) is 3. The molecule has 1 aromatic carbocycles. The second-order valence-electron chi connectivity index (χ2n) is 11.7. The minimum Gasteiger partial charge on any atom is -0.480 e. The van der Waals surface area contributed by atoms with Gasteiger partial charge in [0.2, 0.25) is 33.7 Å². The van der Waals surface area contributed by atoms with Gasteiger partial charge in [0.25, 0.3) is 0 Å². The van der Waals surface area contributed by atoms with Crippen LogP contribution in [0.15, 0.2) is 42.2 Å². The molecule has 0 aromatic heterocycles. The smallest absolute Gasteiger partial charge is 0.326 e. The number of nitrogens with one attached hydrogen (secondary N) is 4. The predicted molar refractivity (Wildman–Crippen MR) is 171 cm³/mol. The second-order valence-corrected chi connectivity index (χ2v) is 13.6. The molecule has 0 spiro atoms. The Hall–Kier alpha value is -4.26. The summed E-state index contributed by atoms with van der Waals surface area (Å²) in [5.41, 5.74) is 7.07. The average molecular weight is 680 g/mol. The quantitative estimate of drug-likeness (QED) is 0.136. The van der Waals surface area contributed by atoms with Crippen LogP contribution in [-0.2, 0) is 40.4 Å². The summed E-state index contributed by atoms with van der Waals surface area (Å²) in [7, 11) is -2.12. The van der Waals surface area contributed by atoms with E-state index in [-0.39, 0.29) is 57.6 Å². The molecule has 9 N–H and O–H groups in total. The van der Waals surface area contributed by atoms with E-state index >= 15 is 0 Å². The zero-order valence-corrected chi connectivity index (χ0v) is 27.4. The van der Waals surface area contributed by atoms with E-state index in [0.717, 1.165) is 16.1 Å². The number of benzene rings is 1. The van der Waals surface area contributed by atoms with Crippen molar-refractivity contribution in [1.29, 1.82) is 0 Å². The zero-order chi connectivity index (χ0) is 34.7. The Morgan fingerprint density at radius 3 is 2.49 bits per heavy atom. The van der Waals surface area contributed by atoms with Crippen LogP contribution >= 0.6 is 0 Å². The number of likely N-dealkylation sites (tertiary alicyclic amines) is 1. The highest BCUT2D eigenvalue weighted by molar-refractivity contribution is 7.88. The third-order valence-corrected chi connectivity index (χ3v) is 9.14. The Morgan fingerprint density at radius 2 is 1.85 bits per heavy atom. The molecular weight excluding hydrogens is 634 g/mol. The first-order chi connectivity index (χ1) is 22.2. The first-order valence-electron chi connectivity index (χ1n) is 15.2. The SMILES string of the molecule is CNCC(=O)NC(Cc1ccccc1)C(=O)N1CC2CC1C(=O)NCC(=O)NC(C(=O)O)CCCCN(S(C)(=O)=O)C/C(N)=C/N2N. The van der Waals surface area contributed by atoms with Gasteiger partial charge in [-0.2, -0.15) is 4.31 Å². The zero-order valence-electron chi connectivity index (χ0n) is 26.6. The number of hydrogen-bond acceptors (Lipinski definition) is 11. The molecule has 0 aliphatic carbocycles. The van der Waals surface area contributed by atoms with Crippen molar-refractivity contribution < 1.29 is 37.5 Å². The number of carboxylic acids is 1. The fourth-order valence-electron chi connectivity index (χ4n) is 5.51. The van der Waals surface area contributed by atoms with E-state index in [4.69, 9.17) is 11.6 Å². The molecule has 4 atom stereocenters. The van der Waals surface area contributed by atoms with Crippen molar-refractivity contribution in [1.82, 2.24) is 35.5 Å². The summed E-state index contributed by atoms with van der Waals surface area (Å²) < 4.78 is 26.1. The number of sulfonamides is 1. The number of hydrazine groups is 1. The second kappa shape index (κ2) is 17.1. The molecule has 2 aliphatic rings. The molecule has 4 unspecified atom stereocenters. The molecule has 2 heterocycles. The van der Waals surface area contributed by atoms with Crippen LogP contribution in [0.2, 0.25) is 0 Å². The number of amides is 4. The Morgan fingerprint density at radius 1 is 1.15 bits per heavy atom. The molecule has 1 fully saturated rings. The van der Waals surface area contributed by atoms with Crippen molar-refractivity contribution in [3.8, 4) is 0 Å². The molecule has 1 saturated heterocycles. The number of carboxylic acid groups (broad SMARTS) is 1. The lowest BCUT2D eigenvalue weighted by molar-refractivity contribution is -0.142. The van der Waals surface area contributed by atoms with E-state index < -0.39 is 70.3 Å². The van der Waals surface area contributed by atoms with Crippen LogP contribution in [0.25, 0.3) is 0 Å². The van der Waals surface area contributed by atoms with Crippen LogP contribution in [0.1, 0.15) is 31.2 Å². The molecule has 1 aromatic rings. The number of likely N-dealkylation sites (N-methyl/N-ethyl adjacent to an activating group) is 1. The number of hydrogen-bond donors (Lipinski definition) is 7. The van der Waals surface area contributed by atoms with Gasteiger partial charge in [0.1, 0.15) is 18.1 Å². The lowest BCUT2D eigenvalue weighted by Gasteiger charge is -2.29. The maximum atomic E-state index is 14.1. The normalized spacial score (nSPS) is 24.1. The first-order valence-corrected chi connectivity index (χ1v) is 17.1. The number of aliphatic carboxylic acids is 1. The molecule has 0 saturated carbocycles. The van der Waals surface area contributed by atoms with Crippen LogP contribution in [0.4, 0.5) is 0 Å². The average Bonchev–Trinajstić information content (AvgIpc) is 3.45. The number of fused-ring (bicyclic) bond motifs is 2. The van der Waals surface area contributed by atoms with Crippen molar-refractivity contribution in [3.05, 3.63) is 47.8 Å². The van der Waals surface area contributed by atoms with Gasteiger partial charge in [-0.25, -0.2) is 19.1 Å². The highest BCUT2D eigenvalue weighted by Crippen LogP contribution is 2.24.